The quantitative estimate of drug-likeness (QED) is 0.749. The largest absolute Gasteiger partial charge is 0.341 e. The van der Waals surface area contributed by atoms with Crippen LogP contribution in [0.3, 0.4) is 0 Å². The number of piperidine rings is 1. The van der Waals surface area contributed by atoms with Gasteiger partial charge in [-0.25, -0.2) is 8.42 Å². The Labute approximate surface area is 128 Å². The molecule has 1 atom stereocenters. The van der Waals surface area contributed by atoms with Gasteiger partial charge in [-0.05, 0) is 33.1 Å². The molecule has 1 unspecified atom stereocenters. The van der Waals surface area contributed by atoms with Gasteiger partial charge in [-0.1, -0.05) is 0 Å². The average Bonchev–Trinajstić information content (AvgIpc) is 2.42. The van der Waals surface area contributed by atoms with E-state index in [1.807, 2.05) is 0 Å². The van der Waals surface area contributed by atoms with Crippen LogP contribution < -0.4 is 5.73 Å². The number of nitrogens with two attached hydrogens (primary N) is 1. The van der Waals surface area contributed by atoms with Crippen LogP contribution in [-0.4, -0.2) is 74.4 Å². The van der Waals surface area contributed by atoms with Crippen LogP contribution >= 0.6 is 0 Å². The fourth-order valence-electron chi connectivity index (χ4n) is 2.70. The molecule has 1 heterocycles. The third-order valence-corrected chi connectivity index (χ3v) is 5.22. The monoisotopic (exact) mass is 319 g/mol. The predicted molar refractivity (Wildman–Crippen MR) is 84.8 cm³/mol. The number of hydrogen-bond acceptors (Lipinski definition) is 5. The molecule has 0 aromatic carbocycles. The molecule has 0 saturated carbocycles. The molecule has 1 aliphatic heterocycles. The molecule has 21 heavy (non-hydrogen) atoms. The zero-order valence-corrected chi connectivity index (χ0v) is 14.4. The van der Waals surface area contributed by atoms with Crippen LogP contribution in [-0.2, 0) is 14.6 Å². The third-order valence-electron chi connectivity index (χ3n) is 4.24. The molecule has 6 nitrogen and oxygen atoms in total. The SMILES string of the molecule is CC(C)N1CCC(N(C)C(=O)C(N)CCS(C)(=O)=O)CC1. The Morgan fingerprint density at radius 3 is 2.29 bits per heavy atom. The van der Waals surface area contributed by atoms with Crippen molar-refractivity contribution in [2.24, 2.45) is 5.73 Å². The maximum atomic E-state index is 12.3. The highest BCUT2D eigenvalue weighted by molar-refractivity contribution is 7.90. The Balaban J connectivity index is 2.47. The van der Waals surface area contributed by atoms with Crippen molar-refractivity contribution in [3.63, 3.8) is 0 Å². The summed E-state index contributed by atoms with van der Waals surface area (Å²) < 4.78 is 22.3. The lowest BCUT2D eigenvalue weighted by atomic mass is 10.0. The topological polar surface area (TPSA) is 83.7 Å². The van der Waals surface area contributed by atoms with E-state index in [0.717, 1.165) is 32.2 Å². The van der Waals surface area contributed by atoms with Crippen molar-refractivity contribution < 1.29 is 13.2 Å². The average molecular weight is 319 g/mol. The number of carbonyl (C=O) groups is 1. The molecular formula is C14H29N3O3S. The number of carbonyl (C=O) groups excluding carboxylic acids is 1. The number of hydrogen-bond donors (Lipinski definition) is 1. The van der Waals surface area contributed by atoms with E-state index < -0.39 is 15.9 Å². The summed E-state index contributed by atoms with van der Waals surface area (Å²) in [6.07, 6.45) is 3.24. The molecular weight excluding hydrogens is 290 g/mol. The molecule has 1 rings (SSSR count). The lowest BCUT2D eigenvalue weighted by Crippen LogP contribution is -2.51. The van der Waals surface area contributed by atoms with Crippen LogP contribution in [0.1, 0.15) is 33.1 Å². The first kappa shape index (κ1) is 18.4. The van der Waals surface area contributed by atoms with Crippen LogP contribution in [0, 0.1) is 0 Å². The summed E-state index contributed by atoms with van der Waals surface area (Å²) in [4.78, 5) is 16.4. The van der Waals surface area contributed by atoms with E-state index in [-0.39, 0.29) is 24.1 Å². The van der Waals surface area contributed by atoms with Gasteiger partial charge in [0.1, 0.15) is 9.84 Å². The van der Waals surface area contributed by atoms with E-state index in [4.69, 9.17) is 5.73 Å². The number of sulfone groups is 1. The summed E-state index contributed by atoms with van der Waals surface area (Å²) in [7, 11) is -1.30. The fourth-order valence-corrected chi connectivity index (χ4v) is 3.38. The van der Waals surface area contributed by atoms with Crippen molar-refractivity contribution in [2.45, 2.75) is 51.2 Å². The third kappa shape index (κ3) is 5.92. The van der Waals surface area contributed by atoms with Crippen molar-refractivity contribution in [2.75, 3.05) is 32.1 Å². The van der Waals surface area contributed by atoms with Crippen LogP contribution in [0.4, 0.5) is 0 Å². The molecule has 0 radical (unpaired) electrons. The van der Waals surface area contributed by atoms with Gasteiger partial charge in [0.25, 0.3) is 0 Å². The number of likely N-dealkylation sites (N-methyl/N-ethyl adjacent to an activating group) is 1. The second kappa shape index (κ2) is 7.56. The van der Waals surface area contributed by atoms with Gasteiger partial charge < -0.3 is 15.5 Å². The smallest absolute Gasteiger partial charge is 0.239 e. The maximum absolute atomic E-state index is 12.3. The van der Waals surface area contributed by atoms with E-state index in [1.54, 1.807) is 11.9 Å². The first-order valence-electron chi connectivity index (χ1n) is 7.56. The van der Waals surface area contributed by atoms with Crippen LogP contribution in [0.25, 0.3) is 0 Å². The van der Waals surface area contributed by atoms with Crippen LogP contribution in [0.15, 0.2) is 0 Å². The zero-order chi connectivity index (χ0) is 16.2. The lowest BCUT2D eigenvalue weighted by molar-refractivity contribution is -0.134. The minimum Gasteiger partial charge on any atom is -0.341 e. The molecule has 0 bridgehead atoms. The number of likely N-dealkylation sites (tertiary alicyclic amines) is 1. The summed E-state index contributed by atoms with van der Waals surface area (Å²) in [5, 5.41) is 0. The van der Waals surface area contributed by atoms with Gasteiger partial charge in [0.2, 0.25) is 5.91 Å². The van der Waals surface area contributed by atoms with Crippen molar-refractivity contribution >= 4 is 15.7 Å². The molecule has 0 spiro atoms. The summed E-state index contributed by atoms with van der Waals surface area (Å²) in [5.41, 5.74) is 5.84. The number of rotatable bonds is 6. The molecule has 2 N–H and O–H groups in total. The van der Waals surface area contributed by atoms with E-state index in [1.165, 1.54) is 0 Å². The van der Waals surface area contributed by atoms with Crippen molar-refractivity contribution in [1.82, 2.24) is 9.80 Å². The van der Waals surface area contributed by atoms with Gasteiger partial charge in [0.15, 0.2) is 0 Å². The Morgan fingerprint density at radius 2 is 1.86 bits per heavy atom. The summed E-state index contributed by atoms with van der Waals surface area (Å²) >= 11 is 0. The first-order chi connectivity index (χ1) is 9.61. The van der Waals surface area contributed by atoms with Crippen molar-refractivity contribution in [3.8, 4) is 0 Å². The van der Waals surface area contributed by atoms with Gasteiger partial charge in [0, 0.05) is 38.5 Å². The van der Waals surface area contributed by atoms with Gasteiger partial charge in [-0.15, -0.1) is 0 Å². The highest BCUT2D eigenvalue weighted by atomic mass is 32.2. The van der Waals surface area contributed by atoms with Gasteiger partial charge in [-0.2, -0.15) is 0 Å². The highest BCUT2D eigenvalue weighted by Crippen LogP contribution is 2.18. The normalized spacial score (nSPS) is 19.7. The Hall–Kier alpha value is -0.660. The number of nitrogens with zero attached hydrogens (tertiary/aromatic N) is 2. The van der Waals surface area contributed by atoms with Gasteiger partial charge in [0.05, 0.1) is 11.8 Å². The lowest BCUT2D eigenvalue weighted by Gasteiger charge is -2.39. The first-order valence-corrected chi connectivity index (χ1v) is 9.62. The molecule has 1 fully saturated rings. The molecule has 0 aromatic heterocycles. The second-order valence-electron chi connectivity index (χ2n) is 6.34. The molecule has 0 aliphatic carbocycles. The minimum absolute atomic E-state index is 0.0421. The van der Waals surface area contributed by atoms with E-state index >= 15 is 0 Å². The summed E-state index contributed by atoms with van der Waals surface area (Å²) in [5.74, 6) is -0.193. The Kier molecular flexibility index (Phi) is 6.62. The standard InChI is InChI=1S/C14H29N3O3S/c1-11(2)17-8-5-12(6-9-17)16(3)14(18)13(15)7-10-21(4,19)20/h11-13H,5-10,15H2,1-4H3. The fraction of sp³-hybridized carbons (Fsp3) is 0.929. The number of amides is 1. The Morgan fingerprint density at radius 1 is 1.33 bits per heavy atom. The maximum Gasteiger partial charge on any atom is 0.239 e. The van der Waals surface area contributed by atoms with Gasteiger partial charge >= 0.3 is 0 Å². The van der Waals surface area contributed by atoms with E-state index in [9.17, 15) is 13.2 Å². The van der Waals surface area contributed by atoms with Crippen molar-refractivity contribution in [1.29, 1.82) is 0 Å². The van der Waals surface area contributed by atoms with Gasteiger partial charge in [-0.3, -0.25) is 4.79 Å². The summed E-state index contributed by atoms with van der Waals surface area (Å²) in [6.45, 7) is 6.32. The predicted octanol–water partition coefficient (Wildman–Crippen LogP) is 0.0796. The molecule has 1 aliphatic rings. The summed E-state index contributed by atoms with van der Waals surface area (Å²) in [6, 6.07) is 0.00797. The van der Waals surface area contributed by atoms with Crippen LogP contribution in [0.2, 0.25) is 0 Å². The Bertz CT molecular complexity index is 442. The van der Waals surface area contributed by atoms with Crippen LogP contribution in [0.5, 0.6) is 0 Å². The highest BCUT2D eigenvalue weighted by Gasteiger charge is 2.28. The minimum atomic E-state index is -3.08. The molecule has 7 heteroatoms. The van der Waals surface area contributed by atoms with E-state index in [0.29, 0.717) is 6.04 Å². The molecule has 124 valence electrons. The second-order valence-corrected chi connectivity index (χ2v) is 8.59. The van der Waals surface area contributed by atoms with Crippen molar-refractivity contribution in [3.05, 3.63) is 0 Å². The zero-order valence-electron chi connectivity index (χ0n) is 13.6. The molecule has 1 saturated heterocycles. The molecule has 1 amide bonds. The molecule has 0 aromatic rings. The van der Waals surface area contributed by atoms with E-state index in [2.05, 4.69) is 18.7 Å².